The van der Waals surface area contributed by atoms with Gasteiger partial charge in [0.15, 0.2) is 0 Å². The van der Waals surface area contributed by atoms with Gasteiger partial charge in [-0.3, -0.25) is 4.90 Å². The first-order chi connectivity index (χ1) is 7.70. The summed E-state index contributed by atoms with van der Waals surface area (Å²) < 4.78 is 1.14. The lowest BCUT2D eigenvalue weighted by Gasteiger charge is -2.42. The fourth-order valence-electron chi connectivity index (χ4n) is 2.40. The van der Waals surface area contributed by atoms with Crippen molar-refractivity contribution >= 4 is 15.9 Å². The van der Waals surface area contributed by atoms with Gasteiger partial charge in [0.1, 0.15) is 0 Å². The standard InChI is InChI=1S/C13H19BrN2/c1-16(13-7-4-11(13)8-15)9-10-2-5-12(14)6-3-10/h2-3,5-6,11,13H,4,7-9,15H2,1H3. The number of hydrogen-bond acceptors (Lipinski definition) is 2. The summed E-state index contributed by atoms with van der Waals surface area (Å²) in [6.45, 7) is 1.85. The molecule has 1 aliphatic carbocycles. The second-order valence-electron chi connectivity index (χ2n) is 4.68. The number of rotatable bonds is 4. The lowest BCUT2D eigenvalue weighted by atomic mass is 9.78. The van der Waals surface area contributed by atoms with Gasteiger partial charge in [-0.25, -0.2) is 0 Å². The first-order valence-electron chi connectivity index (χ1n) is 5.85. The Balaban J connectivity index is 1.91. The Labute approximate surface area is 106 Å². The second kappa shape index (κ2) is 5.30. The Morgan fingerprint density at radius 1 is 1.31 bits per heavy atom. The van der Waals surface area contributed by atoms with E-state index in [1.807, 2.05) is 0 Å². The Morgan fingerprint density at radius 2 is 2.00 bits per heavy atom. The van der Waals surface area contributed by atoms with Gasteiger partial charge < -0.3 is 5.73 Å². The molecule has 16 heavy (non-hydrogen) atoms. The summed E-state index contributed by atoms with van der Waals surface area (Å²) >= 11 is 3.46. The number of nitrogens with two attached hydrogens (primary N) is 1. The van der Waals surface area contributed by atoms with E-state index in [2.05, 4.69) is 52.1 Å². The van der Waals surface area contributed by atoms with Crippen LogP contribution >= 0.6 is 15.9 Å². The third-order valence-electron chi connectivity index (χ3n) is 3.59. The maximum Gasteiger partial charge on any atom is 0.0233 e. The largest absolute Gasteiger partial charge is 0.330 e. The minimum atomic E-state index is 0.689. The van der Waals surface area contributed by atoms with Crippen molar-refractivity contribution in [3.8, 4) is 0 Å². The van der Waals surface area contributed by atoms with Gasteiger partial charge in [-0.1, -0.05) is 28.1 Å². The van der Waals surface area contributed by atoms with E-state index in [-0.39, 0.29) is 0 Å². The summed E-state index contributed by atoms with van der Waals surface area (Å²) in [6.07, 6.45) is 2.60. The minimum absolute atomic E-state index is 0.689. The first-order valence-corrected chi connectivity index (χ1v) is 6.64. The molecule has 2 nitrogen and oxygen atoms in total. The molecule has 1 aliphatic rings. The highest BCUT2D eigenvalue weighted by Gasteiger charge is 2.32. The highest BCUT2D eigenvalue weighted by Crippen LogP contribution is 2.31. The first kappa shape index (κ1) is 12.1. The number of nitrogens with zero attached hydrogens (tertiary/aromatic N) is 1. The molecule has 1 saturated carbocycles. The Morgan fingerprint density at radius 3 is 2.50 bits per heavy atom. The third-order valence-corrected chi connectivity index (χ3v) is 4.12. The quantitative estimate of drug-likeness (QED) is 0.920. The van der Waals surface area contributed by atoms with Crippen LogP contribution in [-0.2, 0) is 6.54 Å². The molecule has 1 aromatic rings. The van der Waals surface area contributed by atoms with E-state index >= 15 is 0 Å². The summed E-state index contributed by atoms with van der Waals surface area (Å²) in [7, 11) is 2.20. The van der Waals surface area contributed by atoms with Gasteiger partial charge in [0.05, 0.1) is 0 Å². The zero-order valence-electron chi connectivity index (χ0n) is 9.70. The van der Waals surface area contributed by atoms with Crippen molar-refractivity contribution in [3.05, 3.63) is 34.3 Å². The fraction of sp³-hybridized carbons (Fsp3) is 0.538. The molecule has 0 heterocycles. The SMILES string of the molecule is CN(Cc1ccc(Br)cc1)C1CCC1CN. The predicted octanol–water partition coefficient (Wildman–Crippen LogP) is 2.62. The molecule has 2 N–H and O–H groups in total. The van der Waals surface area contributed by atoms with Gasteiger partial charge in [-0.15, -0.1) is 0 Å². The zero-order valence-corrected chi connectivity index (χ0v) is 11.3. The molecule has 88 valence electrons. The Kier molecular flexibility index (Phi) is 4.00. The van der Waals surface area contributed by atoms with E-state index in [4.69, 9.17) is 5.73 Å². The van der Waals surface area contributed by atoms with Crippen molar-refractivity contribution in [3.63, 3.8) is 0 Å². The van der Waals surface area contributed by atoms with Crippen LogP contribution in [0.5, 0.6) is 0 Å². The highest BCUT2D eigenvalue weighted by molar-refractivity contribution is 9.10. The van der Waals surface area contributed by atoms with Crippen molar-refractivity contribution in [2.45, 2.75) is 25.4 Å². The van der Waals surface area contributed by atoms with Crippen molar-refractivity contribution in [1.29, 1.82) is 0 Å². The van der Waals surface area contributed by atoms with Crippen LogP contribution in [0.25, 0.3) is 0 Å². The van der Waals surface area contributed by atoms with Gasteiger partial charge in [0, 0.05) is 17.1 Å². The maximum absolute atomic E-state index is 5.74. The summed E-state index contributed by atoms with van der Waals surface area (Å²) in [6, 6.07) is 9.25. The third kappa shape index (κ3) is 2.65. The fourth-order valence-corrected chi connectivity index (χ4v) is 2.67. The molecule has 3 heteroatoms. The van der Waals surface area contributed by atoms with Crippen LogP contribution in [0, 0.1) is 5.92 Å². The second-order valence-corrected chi connectivity index (χ2v) is 5.60. The molecule has 2 unspecified atom stereocenters. The maximum atomic E-state index is 5.74. The minimum Gasteiger partial charge on any atom is -0.330 e. The zero-order chi connectivity index (χ0) is 11.5. The number of hydrogen-bond donors (Lipinski definition) is 1. The van der Waals surface area contributed by atoms with Crippen LogP contribution in [0.1, 0.15) is 18.4 Å². The number of halogens is 1. The summed E-state index contributed by atoms with van der Waals surface area (Å²) in [5.74, 6) is 0.709. The molecule has 1 aromatic carbocycles. The monoisotopic (exact) mass is 282 g/mol. The summed E-state index contributed by atoms with van der Waals surface area (Å²) in [5, 5.41) is 0. The highest BCUT2D eigenvalue weighted by atomic mass is 79.9. The van der Waals surface area contributed by atoms with Crippen LogP contribution in [0.4, 0.5) is 0 Å². The molecule has 0 spiro atoms. The van der Waals surface area contributed by atoms with Gasteiger partial charge in [0.25, 0.3) is 0 Å². The smallest absolute Gasteiger partial charge is 0.0233 e. The molecule has 0 amide bonds. The lowest BCUT2D eigenvalue weighted by molar-refractivity contribution is 0.0837. The molecule has 0 bridgehead atoms. The van der Waals surface area contributed by atoms with Gasteiger partial charge in [0.2, 0.25) is 0 Å². The van der Waals surface area contributed by atoms with Crippen LogP contribution < -0.4 is 5.73 Å². The van der Waals surface area contributed by atoms with Crippen molar-refractivity contribution in [2.24, 2.45) is 11.7 Å². The van der Waals surface area contributed by atoms with Crippen molar-refractivity contribution in [1.82, 2.24) is 4.90 Å². The van der Waals surface area contributed by atoms with Crippen LogP contribution in [0.3, 0.4) is 0 Å². The van der Waals surface area contributed by atoms with Crippen LogP contribution in [-0.4, -0.2) is 24.5 Å². The number of benzene rings is 1. The molecule has 2 rings (SSSR count). The van der Waals surface area contributed by atoms with Crippen LogP contribution in [0.2, 0.25) is 0 Å². The molecule has 1 fully saturated rings. The van der Waals surface area contributed by atoms with E-state index in [1.165, 1.54) is 18.4 Å². The van der Waals surface area contributed by atoms with Crippen LogP contribution in [0.15, 0.2) is 28.7 Å². The van der Waals surface area contributed by atoms with E-state index in [1.54, 1.807) is 0 Å². The Bertz CT molecular complexity index is 334. The average Bonchev–Trinajstić information content (AvgIpc) is 2.20. The molecule has 2 atom stereocenters. The topological polar surface area (TPSA) is 29.3 Å². The van der Waals surface area contributed by atoms with E-state index < -0.39 is 0 Å². The normalized spacial score (nSPS) is 24.5. The van der Waals surface area contributed by atoms with Gasteiger partial charge in [-0.05, 0) is 50.0 Å². The molecular formula is C13H19BrN2. The van der Waals surface area contributed by atoms with E-state index in [0.29, 0.717) is 12.0 Å². The van der Waals surface area contributed by atoms with Crippen molar-refractivity contribution in [2.75, 3.05) is 13.6 Å². The van der Waals surface area contributed by atoms with Crippen molar-refractivity contribution < 1.29 is 0 Å². The summed E-state index contributed by atoms with van der Waals surface area (Å²) in [4.78, 5) is 2.43. The van der Waals surface area contributed by atoms with Gasteiger partial charge in [-0.2, -0.15) is 0 Å². The van der Waals surface area contributed by atoms with E-state index in [9.17, 15) is 0 Å². The molecular weight excluding hydrogens is 264 g/mol. The molecule has 0 saturated heterocycles. The lowest BCUT2D eigenvalue weighted by Crippen LogP contribution is -2.47. The molecule has 0 aromatic heterocycles. The predicted molar refractivity (Wildman–Crippen MR) is 71.2 cm³/mol. The van der Waals surface area contributed by atoms with Gasteiger partial charge >= 0.3 is 0 Å². The molecule has 0 radical (unpaired) electrons. The molecule has 0 aliphatic heterocycles. The van der Waals surface area contributed by atoms with E-state index in [0.717, 1.165) is 17.6 Å². The summed E-state index contributed by atoms with van der Waals surface area (Å²) in [5.41, 5.74) is 7.11. The average molecular weight is 283 g/mol. The Hall–Kier alpha value is -0.380.